The Kier molecular flexibility index (Phi) is 7.58. The fourth-order valence-corrected chi connectivity index (χ4v) is 3.90. The number of rotatable bonds is 8. The van der Waals surface area contributed by atoms with Crippen LogP contribution in [0.2, 0.25) is 0 Å². The van der Waals surface area contributed by atoms with Crippen LogP contribution < -0.4 is 15.4 Å². The van der Waals surface area contributed by atoms with Gasteiger partial charge in [0.25, 0.3) is 0 Å². The van der Waals surface area contributed by atoms with Crippen molar-refractivity contribution in [1.82, 2.24) is 10.6 Å². The van der Waals surface area contributed by atoms with Crippen molar-refractivity contribution in [2.24, 2.45) is 5.92 Å². The second-order valence-electron chi connectivity index (χ2n) is 7.61. The monoisotopic (exact) mass is 402 g/mol. The van der Waals surface area contributed by atoms with E-state index in [0.29, 0.717) is 5.92 Å². The van der Waals surface area contributed by atoms with Gasteiger partial charge in [-0.2, -0.15) is 8.78 Å². The number of amides is 1. The fourth-order valence-electron chi connectivity index (χ4n) is 3.90. The predicted molar refractivity (Wildman–Crippen MR) is 109 cm³/mol. The molecule has 0 radical (unpaired) electrons. The van der Waals surface area contributed by atoms with Gasteiger partial charge in [-0.3, -0.25) is 10.1 Å². The SMILES string of the molecule is C[C@@H]1CCCC[C@@H]1NC(=O)CN[C@@H](c1ccccc1)c1ccc(OC(F)F)cc1. The van der Waals surface area contributed by atoms with Gasteiger partial charge in [0.05, 0.1) is 12.6 Å². The molecule has 6 heteroatoms. The molecule has 1 aliphatic rings. The highest BCUT2D eigenvalue weighted by atomic mass is 19.3. The van der Waals surface area contributed by atoms with E-state index in [-0.39, 0.29) is 30.3 Å². The number of halogens is 2. The van der Waals surface area contributed by atoms with Crippen molar-refractivity contribution in [3.63, 3.8) is 0 Å². The van der Waals surface area contributed by atoms with Crippen molar-refractivity contribution in [1.29, 1.82) is 0 Å². The van der Waals surface area contributed by atoms with E-state index in [2.05, 4.69) is 22.3 Å². The van der Waals surface area contributed by atoms with Crippen LogP contribution in [0.4, 0.5) is 8.78 Å². The van der Waals surface area contributed by atoms with Crippen LogP contribution in [0.15, 0.2) is 54.6 Å². The van der Waals surface area contributed by atoms with E-state index in [1.54, 1.807) is 12.1 Å². The van der Waals surface area contributed by atoms with E-state index in [0.717, 1.165) is 30.4 Å². The average molecular weight is 402 g/mol. The summed E-state index contributed by atoms with van der Waals surface area (Å²) in [6, 6.07) is 16.3. The van der Waals surface area contributed by atoms with Gasteiger partial charge < -0.3 is 10.1 Å². The first-order chi connectivity index (χ1) is 14.0. The van der Waals surface area contributed by atoms with Crippen molar-refractivity contribution in [2.75, 3.05) is 6.54 Å². The zero-order chi connectivity index (χ0) is 20.6. The van der Waals surface area contributed by atoms with Crippen LogP contribution >= 0.6 is 0 Å². The van der Waals surface area contributed by atoms with Crippen molar-refractivity contribution >= 4 is 5.91 Å². The number of nitrogens with one attached hydrogen (secondary N) is 2. The number of carbonyl (C=O) groups is 1. The van der Waals surface area contributed by atoms with Crippen molar-refractivity contribution in [3.05, 3.63) is 65.7 Å². The molecular weight excluding hydrogens is 374 g/mol. The summed E-state index contributed by atoms with van der Waals surface area (Å²) in [6.45, 7) is -0.486. The molecule has 1 amide bonds. The number of hydrogen-bond donors (Lipinski definition) is 2. The summed E-state index contributed by atoms with van der Waals surface area (Å²) in [5.41, 5.74) is 1.87. The first-order valence-electron chi connectivity index (χ1n) is 10.2. The highest BCUT2D eigenvalue weighted by Gasteiger charge is 2.23. The predicted octanol–water partition coefficient (Wildman–Crippen LogP) is 4.66. The second kappa shape index (κ2) is 10.3. The van der Waals surface area contributed by atoms with Crippen molar-refractivity contribution < 1.29 is 18.3 Å². The Bertz CT molecular complexity index is 768. The molecule has 0 heterocycles. The Hall–Kier alpha value is -2.47. The third-order valence-corrected chi connectivity index (χ3v) is 5.50. The minimum atomic E-state index is -2.85. The van der Waals surface area contributed by atoms with Gasteiger partial charge in [-0.25, -0.2) is 0 Å². The molecule has 2 N–H and O–H groups in total. The number of alkyl halides is 2. The molecule has 0 spiro atoms. The molecule has 2 aromatic carbocycles. The lowest BCUT2D eigenvalue weighted by molar-refractivity contribution is -0.121. The van der Waals surface area contributed by atoms with Crippen LogP contribution in [0.25, 0.3) is 0 Å². The first kappa shape index (κ1) is 21.2. The maximum atomic E-state index is 12.5. The smallest absolute Gasteiger partial charge is 0.387 e. The van der Waals surface area contributed by atoms with Gasteiger partial charge in [-0.05, 0) is 42.0 Å². The summed E-state index contributed by atoms with van der Waals surface area (Å²) >= 11 is 0. The van der Waals surface area contributed by atoms with Gasteiger partial charge in [0.2, 0.25) is 5.91 Å². The van der Waals surface area contributed by atoms with Crippen molar-refractivity contribution in [3.8, 4) is 5.75 Å². The quantitative estimate of drug-likeness (QED) is 0.675. The van der Waals surface area contributed by atoms with Gasteiger partial charge in [0.1, 0.15) is 5.75 Å². The molecule has 2 aromatic rings. The van der Waals surface area contributed by atoms with E-state index in [9.17, 15) is 13.6 Å². The van der Waals surface area contributed by atoms with Gasteiger partial charge in [-0.15, -0.1) is 0 Å². The number of carbonyl (C=O) groups excluding carboxylic acids is 1. The van der Waals surface area contributed by atoms with E-state index in [4.69, 9.17) is 0 Å². The van der Waals surface area contributed by atoms with Crippen LogP contribution in [0.1, 0.15) is 49.8 Å². The van der Waals surface area contributed by atoms with E-state index in [1.165, 1.54) is 18.6 Å². The zero-order valence-corrected chi connectivity index (χ0v) is 16.6. The van der Waals surface area contributed by atoms with Crippen LogP contribution in [-0.4, -0.2) is 25.1 Å². The third-order valence-electron chi connectivity index (χ3n) is 5.50. The standard InChI is InChI=1S/C23H28F2N2O2/c1-16-7-5-6-10-20(16)27-21(28)15-26-22(17-8-3-2-4-9-17)18-11-13-19(14-12-18)29-23(24)25/h2-4,8-9,11-14,16,20,22-23,26H,5-7,10,15H2,1H3,(H,27,28)/t16-,20+,22+/m1/s1. The van der Waals surface area contributed by atoms with Crippen LogP contribution in [0, 0.1) is 5.92 Å². The molecular formula is C23H28F2N2O2. The van der Waals surface area contributed by atoms with Crippen LogP contribution in [0.3, 0.4) is 0 Å². The first-order valence-corrected chi connectivity index (χ1v) is 10.2. The Morgan fingerprint density at radius 3 is 2.34 bits per heavy atom. The molecule has 29 heavy (non-hydrogen) atoms. The Morgan fingerprint density at radius 2 is 1.69 bits per heavy atom. The molecule has 4 nitrogen and oxygen atoms in total. The molecule has 3 atom stereocenters. The molecule has 0 bridgehead atoms. The molecule has 1 fully saturated rings. The maximum absolute atomic E-state index is 12.5. The summed E-state index contributed by atoms with van der Waals surface area (Å²) in [5.74, 6) is 0.585. The zero-order valence-electron chi connectivity index (χ0n) is 16.6. The summed E-state index contributed by atoms with van der Waals surface area (Å²) in [6.07, 6.45) is 4.56. The number of hydrogen-bond acceptors (Lipinski definition) is 3. The van der Waals surface area contributed by atoms with Gasteiger partial charge in [-0.1, -0.05) is 62.2 Å². The van der Waals surface area contributed by atoms with Gasteiger partial charge >= 0.3 is 6.61 Å². The van der Waals surface area contributed by atoms with E-state index < -0.39 is 6.61 Å². The second-order valence-corrected chi connectivity index (χ2v) is 7.61. The third kappa shape index (κ3) is 6.26. The summed E-state index contributed by atoms with van der Waals surface area (Å²) in [7, 11) is 0. The maximum Gasteiger partial charge on any atom is 0.387 e. The minimum absolute atomic E-state index is 0.0256. The van der Waals surface area contributed by atoms with Crippen molar-refractivity contribution in [2.45, 2.75) is 51.3 Å². The molecule has 0 unspecified atom stereocenters. The molecule has 1 aliphatic carbocycles. The van der Waals surface area contributed by atoms with E-state index >= 15 is 0 Å². The summed E-state index contributed by atoms with van der Waals surface area (Å²) in [5, 5.41) is 6.47. The molecule has 156 valence electrons. The molecule has 0 aromatic heterocycles. The lowest BCUT2D eigenvalue weighted by Gasteiger charge is -2.30. The molecule has 0 saturated heterocycles. The fraction of sp³-hybridized carbons (Fsp3) is 0.435. The summed E-state index contributed by atoms with van der Waals surface area (Å²) < 4.78 is 29.2. The van der Waals surface area contributed by atoms with Gasteiger partial charge in [0.15, 0.2) is 0 Å². The Labute approximate surface area is 170 Å². The van der Waals surface area contributed by atoms with Gasteiger partial charge in [0, 0.05) is 6.04 Å². The number of benzene rings is 2. The highest BCUT2D eigenvalue weighted by molar-refractivity contribution is 5.78. The van der Waals surface area contributed by atoms with Crippen LogP contribution in [-0.2, 0) is 4.79 Å². The van der Waals surface area contributed by atoms with Crippen LogP contribution in [0.5, 0.6) is 5.75 Å². The topological polar surface area (TPSA) is 50.4 Å². The lowest BCUT2D eigenvalue weighted by atomic mass is 9.86. The highest BCUT2D eigenvalue weighted by Crippen LogP contribution is 2.25. The summed E-state index contributed by atoms with van der Waals surface area (Å²) in [4.78, 5) is 12.5. The molecule has 1 saturated carbocycles. The Balaban J connectivity index is 1.67. The van der Waals surface area contributed by atoms with E-state index in [1.807, 2.05) is 30.3 Å². The molecule has 0 aliphatic heterocycles. The number of ether oxygens (including phenoxy) is 1. The average Bonchev–Trinajstić information content (AvgIpc) is 2.71. The largest absolute Gasteiger partial charge is 0.435 e. The lowest BCUT2D eigenvalue weighted by Crippen LogP contribution is -2.45. The molecule has 3 rings (SSSR count). The normalized spacial score (nSPS) is 20.3. The minimum Gasteiger partial charge on any atom is -0.435 e. The Morgan fingerprint density at radius 1 is 1.03 bits per heavy atom.